The molecule has 2 aromatic rings. The van der Waals surface area contributed by atoms with Gasteiger partial charge in [-0.25, -0.2) is 0 Å². The van der Waals surface area contributed by atoms with E-state index in [1.165, 1.54) is 0 Å². The lowest BCUT2D eigenvalue weighted by molar-refractivity contribution is 0.204. The average molecular weight is 305 g/mol. The molecule has 0 amide bonds. The van der Waals surface area contributed by atoms with Gasteiger partial charge in [-0.3, -0.25) is 0 Å². The van der Waals surface area contributed by atoms with Crippen LogP contribution in [-0.2, 0) is 5.54 Å². The van der Waals surface area contributed by atoms with Crippen molar-refractivity contribution in [1.82, 2.24) is 10.1 Å². The molecule has 0 radical (unpaired) electrons. The summed E-state index contributed by atoms with van der Waals surface area (Å²) in [6.45, 7) is 4.00. The Morgan fingerprint density at radius 2 is 2.24 bits per heavy atom. The highest BCUT2D eigenvalue weighted by Crippen LogP contribution is 2.39. The lowest BCUT2D eigenvalue weighted by Gasteiger charge is -2.23. The monoisotopic (exact) mass is 305 g/mol. The number of fused-ring (bicyclic) bond motifs is 1. The number of para-hydroxylation sites is 1. The summed E-state index contributed by atoms with van der Waals surface area (Å²) in [5, 5.41) is 4.06. The first kappa shape index (κ1) is 14.4. The minimum atomic E-state index is -0.584. The summed E-state index contributed by atoms with van der Waals surface area (Å²) in [5.41, 5.74) is 5.64. The molecular formula is C15H19N3O2S. The topological polar surface area (TPSA) is 74.2 Å². The van der Waals surface area contributed by atoms with E-state index < -0.39 is 5.54 Å². The highest BCUT2D eigenvalue weighted by molar-refractivity contribution is 7.99. The number of thioether (sulfide) groups is 1. The van der Waals surface area contributed by atoms with Crippen LogP contribution in [0.1, 0.15) is 44.5 Å². The van der Waals surface area contributed by atoms with E-state index in [-0.39, 0.29) is 6.10 Å². The van der Waals surface area contributed by atoms with Crippen molar-refractivity contribution in [3.63, 3.8) is 0 Å². The zero-order valence-electron chi connectivity index (χ0n) is 12.2. The Kier molecular flexibility index (Phi) is 3.91. The van der Waals surface area contributed by atoms with E-state index in [4.69, 9.17) is 15.0 Å². The standard InChI is InChI=1S/C15H19N3O2S/c1-3-8-15(2,16)14-17-13(18-20-14)11-9-21-12-7-5-4-6-10(12)19-11/h4-7,11H,3,8-9,16H2,1-2H3. The van der Waals surface area contributed by atoms with Gasteiger partial charge in [-0.15, -0.1) is 11.8 Å². The Morgan fingerprint density at radius 3 is 3.05 bits per heavy atom. The summed E-state index contributed by atoms with van der Waals surface area (Å²) in [7, 11) is 0. The van der Waals surface area contributed by atoms with Gasteiger partial charge in [0.15, 0.2) is 6.10 Å². The summed E-state index contributed by atoms with van der Waals surface area (Å²) in [6.07, 6.45) is 1.57. The summed E-state index contributed by atoms with van der Waals surface area (Å²) in [5.74, 6) is 2.69. The van der Waals surface area contributed by atoms with Gasteiger partial charge in [0.1, 0.15) is 5.75 Å². The van der Waals surface area contributed by atoms with Crippen LogP contribution in [0.5, 0.6) is 5.75 Å². The van der Waals surface area contributed by atoms with Crippen LogP contribution in [0.2, 0.25) is 0 Å². The second-order valence-corrected chi connectivity index (χ2v) is 6.55. The maximum Gasteiger partial charge on any atom is 0.246 e. The largest absolute Gasteiger partial charge is 0.480 e. The van der Waals surface area contributed by atoms with Crippen molar-refractivity contribution in [2.45, 2.75) is 43.2 Å². The van der Waals surface area contributed by atoms with Crippen molar-refractivity contribution in [1.29, 1.82) is 0 Å². The van der Waals surface area contributed by atoms with E-state index in [9.17, 15) is 0 Å². The molecule has 1 aromatic heterocycles. The summed E-state index contributed by atoms with van der Waals surface area (Å²) < 4.78 is 11.3. The molecule has 112 valence electrons. The predicted molar refractivity (Wildman–Crippen MR) is 81.3 cm³/mol. The SMILES string of the molecule is CCCC(C)(N)c1nc(C2CSc3ccccc3O2)no1. The number of hydrogen-bond acceptors (Lipinski definition) is 6. The minimum absolute atomic E-state index is 0.195. The van der Waals surface area contributed by atoms with Gasteiger partial charge >= 0.3 is 0 Å². The molecule has 0 aliphatic carbocycles. The minimum Gasteiger partial charge on any atom is -0.480 e. The van der Waals surface area contributed by atoms with Crippen LogP contribution in [-0.4, -0.2) is 15.9 Å². The first-order valence-corrected chi connectivity index (χ1v) is 8.10. The molecule has 2 N–H and O–H groups in total. The van der Waals surface area contributed by atoms with E-state index in [1.54, 1.807) is 11.8 Å². The normalized spacial score (nSPS) is 20.4. The van der Waals surface area contributed by atoms with Gasteiger partial charge < -0.3 is 15.0 Å². The van der Waals surface area contributed by atoms with Crippen molar-refractivity contribution in [2.24, 2.45) is 5.73 Å². The predicted octanol–water partition coefficient (Wildman–Crippen LogP) is 3.27. The number of benzene rings is 1. The van der Waals surface area contributed by atoms with E-state index in [0.717, 1.165) is 29.2 Å². The average Bonchev–Trinajstić information content (AvgIpc) is 2.97. The molecular weight excluding hydrogens is 286 g/mol. The second kappa shape index (κ2) is 5.69. The Bertz CT molecular complexity index is 627. The van der Waals surface area contributed by atoms with Crippen molar-refractivity contribution in [2.75, 3.05) is 5.75 Å². The van der Waals surface area contributed by atoms with E-state index in [2.05, 4.69) is 23.1 Å². The number of nitrogens with two attached hydrogens (primary N) is 1. The van der Waals surface area contributed by atoms with Crippen LogP contribution in [0.4, 0.5) is 0 Å². The van der Waals surface area contributed by atoms with Crippen LogP contribution in [0, 0.1) is 0 Å². The summed E-state index contributed by atoms with van der Waals surface area (Å²) in [6, 6.07) is 7.98. The van der Waals surface area contributed by atoms with E-state index in [0.29, 0.717) is 11.7 Å². The van der Waals surface area contributed by atoms with Gasteiger partial charge in [-0.2, -0.15) is 4.98 Å². The highest BCUT2D eigenvalue weighted by Gasteiger charge is 2.31. The Hall–Kier alpha value is -1.53. The number of rotatable bonds is 4. The maximum absolute atomic E-state index is 6.23. The quantitative estimate of drug-likeness (QED) is 0.934. The van der Waals surface area contributed by atoms with Crippen LogP contribution >= 0.6 is 11.8 Å². The molecule has 6 heteroatoms. The molecule has 3 rings (SSSR count). The molecule has 0 bridgehead atoms. The summed E-state index contributed by atoms with van der Waals surface area (Å²) >= 11 is 1.74. The number of aromatic nitrogens is 2. The zero-order chi connectivity index (χ0) is 14.9. The second-order valence-electron chi connectivity index (χ2n) is 5.49. The fourth-order valence-corrected chi connectivity index (χ4v) is 3.35. The van der Waals surface area contributed by atoms with Crippen LogP contribution in [0.3, 0.4) is 0 Å². The van der Waals surface area contributed by atoms with Crippen molar-refractivity contribution >= 4 is 11.8 Å². The molecule has 1 aromatic carbocycles. The first-order chi connectivity index (χ1) is 10.1. The Labute approximate surface area is 128 Å². The number of ether oxygens (including phenoxy) is 1. The molecule has 0 fully saturated rings. The fraction of sp³-hybridized carbons (Fsp3) is 0.467. The third kappa shape index (κ3) is 2.91. The van der Waals surface area contributed by atoms with Gasteiger partial charge in [0.25, 0.3) is 0 Å². The lowest BCUT2D eigenvalue weighted by atomic mass is 9.98. The van der Waals surface area contributed by atoms with Gasteiger partial charge in [0.2, 0.25) is 11.7 Å². The molecule has 0 saturated carbocycles. The maximum atomic E-state index is 6.23. The van der Waals surface area contributed by atoms with Crippen molar-refractivity contribution in [3.05, 3.63) is 36.0 Å². The van der Waals surface area contributed by atoms with Gasteiger partial charge in [0, 0.05) is 10.6 Å². The molecule has 0 saturated heterocycles. The van der Waals surface area contributed by atoms with Gasteiger partial charge in [-0.05, 0) is 25.5 Å². The Morgan fingerprint density at radius 1 is 1.43 bits per heavy atom. The molecule has 0 spiro atoms. The van der Waals surface area contributed by atoms with Crippen molar-refractivity contribution in [3.8, 4) is 5.75 Å². The smallest absolute Gasteiger partial charge is 0.246 e. The molecule has 1 aliphatic rings. The highest BCUT2D eigenvalue weighted by atomic mass is 32.2. The Balaban J connectivity index is 1.79. The number of hydrogen-bond donors (Lipinski definition) is 1. The van der Waals surface area contributed by atoms with Gasteiger partial charge in [0.05, 0.1) is 5.54 Å². The van der Waals surface area contributed by atoms with Crippen LogP contribution in [0.15, 0.2) is 33.7 Å². The third-order valence-electron chi connectivity index (χ3n) is 3.50. The zero-order valence-corrected chi connectivity index (χ0v) is 13.0. The van der Waals surface area contributed by atoms with Crippen molar-refractivity contribution < 1.29 is 9.26 Å². The number of nitrogens with zero attached hydrogens (tertiary/aromatic N) is 2. The molecule has 5 nitrogen and oxygen atoms in total. The molecule has 2 atom stereocenters. The van der Waals surface area contributed by atoms with E-state index in [1.807, 2.05) is 25.1 Å². The molecule has 1 aliphatic heterocycles. The van der Waals surface area contributed by atoms with Crippen LogP contribution < -0.4 is 10.5 Å². The third-order valence-corrected chi connectivity index (χ3v) is 4.61. The first-order valence-electron chi connectivity index (χ1n) is 7.11. The summed E-state index contributed by atoms with van der Waals surface area (Å²) in [4.78, 5) is 5.60. The molecule has 2 heterocycles. The fourth-order valence-electron chi connectivity index (χ4n) is 2.37. The van der Waals surface area contributed by atoms with Gasteiger partial charge in [-0.1, -0.05) is 30.6 Å². The van der Waals surface area contributed by atoms with E-state index >= 15 is 0 Å². The molecule has 2 unspecified atom stereocenters. The molecule has 21 heavy (non-hydrogen) atoms. The van der Waals surface area contributed by atoms with Crippen LogP contribution in [0.25, 0.3) is 0 Å². The lowest BCUT2D eigenvalue weighted by Crippen LogP contribution is -2.33.